The van der Waals surface area contributed by atoms with E-state index in [1.54, 1.807) is 0 Å². The smallest absolute Gasteiger partial charge is 0.177 e. The molecule has 0 amide bonds. The maximum atomic E-state index is 14.7. The molecular formula is C33H38O2. The molecule has 0 radical (unpaired) electrons. The van der Waals surface area contributed by atoms with Crippen LogP contribution in [0.4, 0.5) is 0 Å². The lowest BCUT2D eigenvalue weighted by atomic mass is 9.59. The van der Waals surface area contributed by atoms with Crippen LogP contribution in [-0.4, -0.2) is 12.4 Å². The lowest BCUT2D eigenvalue weighted by Crippen LogP contribution is -2.44. The van der Waals surface area contributed by atoms with Crippen molar-refractivity contribution in [3.05, 3.63) is 118 Å². The van der Waals surface area contributed by atoms with Crippen LogP contribution in [0.15, 0.2) is 84.1 Å². The first-order valence-corrected chi connectivity index (χ1v) is 13.0. The Morgan fingerprint density at radius 2 is 1.26 bits per heavy atom. The molecule has 182 valence electrons. The third-order valence-corrected chi connectivity index (χ3v) is 7.43. The van der Waals surface area contributed by atoms with Crippen LogP contribution in [0.3, 0.4) is 0 Å². The van der Waals surface area contributed by atoms with E-state index in [0.29, 0.717) is 13.0 Å². The molecule has 2 heteroatoms. The van der Waals surface area contributed by atoms with Gasteiger partial charge in [-0.25, -0.2) is 0 Å². The highest BCUT2D eigenvalue weighted by molar-refractivity contribution is 6.07. The molecule has 0 heterocycles. The fourth-order valence-corrected chi connectivity index (χ4v) is 5.41. The Balaban J connectivity index is 2.01. The van der Waals surface area contributed by atoms with Crippen LogP contribution in [0.25, 0.3) is 0 Å². The Bertz CT molecular complexity index is 1140. The molecule has 0 bridgehead atoms. The largest absolute Gasteiger partial charge is 0.497 e. The van der Waals surface area contributed by atoms with E-state index in [9.17, 15) is 4.79 Å². The molecule has 0 aromatic heterocycles. The number of allylic oxidation sites excluding steroid dienone is 2. The summed E-state index contributed by atoms with van der Waals surface area (Å²) in [6.45, 7) is 11.1. The number of carbonyl (C=O) groups is 1. The van der Waals surface area contributed by atoms with Gasteiger partial charge in [-0.15, -0.1) is 0 Å². The van der Waals surface area contributed by atoms with Crippen LogP contribution in [-0.2, 0) is 14.9 Å². The van der Waals surface area contributed by atoms with Gasteiger partial charge in [0.15, 0.2) is 5.78 Å². The summed E-state index contributed by atoms with van der Waals surface area (Å²) in [6, 6.07) is 25.9. The standard InChI is InChI=1S/C33H38O2/c1-6-8-9-29-31(35-7-2)30(26-16-10-23(3)11-17-26)22-33(32(29)34,27-18-12-24(4)13-19-27)28-20-14-25(5)15-21-28/h10-21,30H,6-9,22H2,1-5H3/t30-/m1/s1. The fourth-order valence-electron chi connectivity index (χ4n) is 5.41. The van der Waals surface area contributed by atoms with Crippen molar-refractivity contribution in [3.63, 3.8) is 0 Å². The summed E-state index contributed by atoms with van der Waals surface area (Å²) in [5.41, 5.74) is 7.09. The van der Waals surface area contributed by atoms with Crippen molar-refractivity contribution in [3.8, 4) is 0 Å². The van der Waals surface area contributed by atoms with Gasteiger partial charge in [-0.05, 0) is 63.6 Å². The molecule has 1 atom stereocenters. The van der Waals surface area contributed by atoms with Gasteiger partial charge in [0.25, 0.3) is 0 Å². The second-order valence-electron chi connectivity index (χ2n) is 10.0. The number of ketones is 1. The molecule has 0 saturated heterocycles. The number of hydrogen-bond acceptors (Lipinski definition) is 2. The van der Waals surface area contributed by atoms with E-state index in [1.807, 2.05) is 6.92 Å². The van der Waals surface area contributed by atoms with Crippen molar-refractivity contribution in [2.75, 3.05) is 6.61 Å². The molecule has 0 aliphatic heterocycles. The summed E-state index contributed by atoms with van der Waals surface area (Å²) in [4.78, 5) is 14.7. The van der Waals surface area contributed by atoms with E-state index >= 15 is 0 Å². The number of unbranched alkanes of at least 4 members (excludes halogenated alkanes) is 1. The molecule has 0 unspecified atom stereocenters. The van der Waals surface area contributed by atoms with E-state index in [2.05, 4.69) is 100 Å². The summed E-state index contributed by atoms with van der Waals surface area (Å²) in [6.07, 6.45) is 3.40. The maximum absolute atomic E-state index is 14.7. The number of aryl methyl sites for hydroxylation is 3. The van der Waals surface area contributed by atoms with E-state index in [1.165, 1.54) is 22.3 Å². The van der Waals surface area contributed by atoms with Gasteiger partial charge in [-0.2, -0.15) is 0 Å². The van der Waals surface area contributed by atoms with Crippen molar-refractivity contribution in [2.45, 2.75) is 71.6 Å². The third-order valence-electron chi connectivity index (χ3n) is 7.43. The first-order valence-electron chi connectivity index (χ1n) is 13.0. The monoisotopic (exact) mass is 466 g/mol. The van der Waals surface area contributed by atoms with E-state index < -0.39 is 5.41 Å². The van der Waals surface area contributed by atoms with Crippen LogP contribution < -0.4 is 0 Å². The van der Waals surface area contributed by atoms with Gasteiger partial charge in [0.2, 0.25) is 0 Å². The summed E-state index contributed by atoms with van der Waals surface area (Å²) < 4.78 is 6.32. The Morgan fingerprint density at radius 3 is 1.71 bits per heavy atom. The topological polar surface area (TPSA) is 26.3 Å². The van der Waals surface area contributed by atoms with Crippen LogP contribution >= 0.6 is 0 Å². The predicted molar refractivity (Wildman–Crippen MR) is 145 cm³/mol. The van der Waals surface area contributed by atoms with Crippen LogP contribution in [0, 0.1) is 20.8 Å². The maximum Gasteiger partial charge on any atom is 0.177 e. The van der Waals surface area contributed by atoms with Crippen molar-refractivity contribution in [2.24, 2.45) is 0 Å². The normalized spacial score (nSPS) is 17.5. The zero-order valence-corrected chi connectivity index (χ0v) is 21.9. The molecule has 3 aromatic carbocycles. The molecule has 0 spiro atoms. The van der Waals surface area contributed by atoms with Crippen molar-refractivity contribution in [1.29, 1.82) is 0 Å². The summed E-state index contributed by atoms with van der Waals surface area (Å²) in [7, 11) is 0. The summed E-state index contributed by atoms with van der Waals surface area (Å²) in [5.74, 6) is 1.10. The first-order chi connectivity index (χ1) is 16.9. The van der Waals surface area contributed by atoms with Gasteiger partial charge in [-0.3, -0.25) is 4.79 Å². The molecule has 3 aromatic rings. The highest BCUT2D eigenvalue weighted by atomic mass is 16.5. The number of carbonyl (C=O) groups excluding carboxylic acids is 1. The highest BCUT2D eigenvalue weighted by Gasteiger charge is 2.50. The molecule has 0 N–H and O–H groups in total. The minimum atomic E-state index is -0.749. The summed E-state index contributed by atoms with van der Waals surface area (Å²) in [5, 5.41) is 0. The third kappa shape index (κ3) is 4.85. The average molecular weight is 467 g/mol. The zero-order valence-electron chi connectivity index (χ0n) is 21.9. The fraction of sp³-hybridized carbons (Fsp3) is 0.364. The molecule has 4 rings (SSSR count). The molecular weight excluding hydrogens is 428 g/mol. The van der Waals surface area contributed by atoms with Crippen LogP contribution in [0.2, 0.25) is 0 Å². The zero-order chi connectivity index (χ0) is 25.0. The number of ether oxygens (including phenoxy) is 1. The number of hydrogen-bond donors (Lipinski definition) is 0. The van der Waals surface area contributed by atoms with Crippen LogP contribution in [0.5, 0.6) is 0 Å². The molecule has 1 aliphatic carbocycles. The van der Waals surface area contributed by atoms with Gasteiger partial charge < -0.3 is 4.74 Å². The number of rotatable bonds is 8. The Hall–Kier alpha value is -3.13. The minimum Gasteiger partial charge on any atom is -0.497 e. The van der Waals surface area contributed by atoms with Gasteiger partial charge in [0.05, 0.1) is 12.0 Å². The number of Topliss-reactive ketones (excluding diaryl/α,β-unsaturated/α-hetero) is 1. The molecule has 35 heavy (non-hydrogen) atoms. The lowest BCUT2D eigenvalue weighted by molar-refractivity contribution is -0.121. The molecule has 0 fully saturated rings. The Kier molecular flexibility index (Phi) is 7.60. The van der Waals surface area contributed by atoms with Gasteiger partial charge in [-0.1, -0.05) is 103 Å². The molecule has 1 aliphatic rings. The van der Waals surface area contributed by atoms with Gasteiger partial charge in [0.1, 0.15) is 5.76 Å². The Labute approximate surface area is 211 Å². The molecule has 2 nitrogen and oxygen atoms in total. The SMILES string of the molecule is CCCCC1=C(OCC)[C@@H](c2ccc(C)cc2)CC(c2ccc(C)cc2)(c2ccc(C)cc2)C1=O. The lowest BCUT2D eigenvalue weighted by Gasteiger charge is -2.43. The molecule has 0 saturated carbocycles. The summed E-state index contributed by atoms with van der Waals surface area (Å²) >= 11 is 0. The highest BCUT2D eigenvalue weighted by Crippen LogP contribution is 2.51. The van der Waals surface area contributed by atoms with Crippen molar-refractivity contribution >= 4 is 5.78 Å². The Morgan fingerprint density at radius 1 is 0.771 bits per heavy atom. The minimum absolute atomic E-state index is 0.0164. The second-order valence-corrected chi connectivity index (χ2v) is 10.0. The van der Waals surface area contributed by atoms with Gasteiger partial charge in [0, 0.05) is 11.5 Å². The predicted octanol–water partition coefficient (Wildman–Crippen LogP) is 8.14. The van der Waals surface area contributed by atoms with E-state index in [4.69, 9.17) is 4.74 Å². The quantitative estimate of drug-likeness (QED) is 0.335. The number of benzene rings is 3. The second kappa shape index (κ2) is 10.6. The van der Waals surface area contributed by atoms with E-state index in [-0.39, 0.29) is 11.7 Å². The van der Waals surface area contributed by atoms with Crippen LogP contribution in [0.1, 0.15) is 78.8 Å². The van der Waals surface area contributed by atoms with E-state index in [0.717, 1.165) is 41.7 Å². The van der Waals surface area contributed by atoms with Gasteiger partial charge >= 0.3 is 0 Å². The van der Waals surface area contributed by atoms with Crippen molar-refractivity contribution in [1.82, 2.24) is 0 Å². The first kappa shape index (κ1) is 25.0. The van der Waals surface area contributed by atoms with Crippen molar-refractivity contribution < 1.29 is 9.53 Å². The average Bonchev–Trinajstić information content (AvgIpc) is 2.86.